The number of nitrogens with zero attached hydrogens (tertiary/aromatic N) is 2. The summed E-state index contributed by atoms with van der Waals surface area (Å²) < 4.78 is 44.3. The van der Waals surface area contributed by atoms with Gasteiger partial charge in [0.1, 0.15) is 5.75 Å². The molecule has 48 heavy (non-hydrogen) atoms. The molecule has 5 atom stereocenters. The lowest BCUT2D eigenvalue weighted by Crippen LogP contribution is -2.56. The van der Waals surface area contributed by atoms with E-state index in [0.29, 0.717) is 57.3 Å². The highest BCUT2D eigenvalue weighted by atomic mass is 19.4. The number of ketones is 1. The fraction of sp³-hybridized carbons (Fsp3) is 0.514. The maximum Gasteiger partial charge on any atom is 0.573 e. The first kappa shape index (κ1) is 33.6. The lowest BCUT2D eigenvalue weighted by Gasteiger charge is -2.44. The maximum atomic E-state index is 14.0. The van der Waals surface area contributed by atoms with Crippen molar-refractivity contribution >= 4 is 23.5 Å². The Balaban J connectivity index is 1.21. The minimum Gasteiger partial charge on any atom is -0.405 e. The molecule has 1 aliphatic carbocycles. The van der Waals surface area contributed by atoms with Crippen LogP contribution >= 0.6 is 0 Å². The fourth-order valence-corrected chi connectivity index (χ4v) is 8.23. The van der Waals surface area contributed by atoms with E-state index >= 15 is 0 Å². The number of allylic oxidation sites excluding steroid dienone is 3. The van der Waals surface area contributed by atoms with E-state index in [4.69, 9.17) is 0 Å². The van der Waals surface area contributed by atoms with Gasteiger partial charge in [0.05, 0.1) is 29.5 Å². The number of fused-ring (bicyclic) bond motifs is 1. The van der Waals surface area contributed by atoms with Crippen molar-refractivity contribution in [2.75, 3.05) is 19.6 Å². The van der Waals surface area contributed by atoms with Crippen LogP contribution in [0.4, 0.5) is 13.2 Å². The number of hydrogen-bond acceptors (Lipinski definition) is 8. The fourth-order valence-electron chi connectivity index (χ4n) is 8.23. The number of halogens is 3. The third-order valence-electron chi connectivity index (χ3n) is 10.6. The SMILES string of the molecule is N#CC1(c2ccccc2OC(F)(F)F)CCN(CCCCC2(C3CCC(=O)NC3=O)C=CC=C3C(=O)NC=C32)C(C(=O)[C@H]2CCCN2)C1. The summed E-state index contributed by atoms with van der Waals surface area (Å²) in [5, 5.41) is 18.9. The normalized spacial score (nSPS) is 30.5. The predicted molar refractivity (Wildman–Crippen MR) is 167 cm³/mol. The van der Waals surface area contributed by atoms with Crippen molar-refractivity contribution in [2.24, 2.45) is 11.3 Å². The number of benzene rings is 1. The summed E-state index contributed by atoms with van der Waals surface area (Å²) in [6.45, 7) is 1.49. The van der Waals surface area contributed by atoms with E-state index in [2.05, 4.69) is 26.8 Å². The summed E-state index contributed by atoms with van der Waals surface area (Å²) in [5.74, 6) is -2.01. The van der Waals surface area contributed by atoms with Gasteiger partial charge in [-0.15, -0.1) is 13.2 Å². The molecule has 0 spiro atoms. The van der Waals surface area contributed by atoms with Gasteiger partial charge in [-0.25, -0.2) is 0 Å². The molecule has 254 valence electrons. The number of nitriles is 1. The van der Waals surface area contributed by atoms with Crippen LogP contribution in [0.3, 0.4) is 0 Å². The molecule has 1 aromatic carbocycles. The molecular formula is C35H38F3N5O5. The van der Waals surface area contributed by atoms with E-state index in [1.54, 1.807) is 24.4 Å². The lowest BCUT2D eigenvalue weighted by atomic mass is 9.61. The van der Waals surface area contributed by atoms with Crippen molar-refractivity contribution in [2.45, 2.75) is 81.6 Å². The van der Waals surface area contributed by atoms with Crippen molar-refractivity contribution in [1.82, 2.24) is 20.9 Å². The predicted octanol–water partition coefficient (Wildman–Crippen LogP) is 3.85. The molecule has 10 nitrogen and oxygen atoms in total. The van der Waals surface area contributed by atoms with Crippen molar-refractivity contribution < 1.29 is 37.1 Å². The van der Waals surface area contributed by atoms with E-state index in [-0.39, 0.29) is 48.3 Å². The van der Waals surface area contributed by atoms with Gasteiger partial charge in [-0.2, -0.15) is 5.26 Å². The number of carbonyl (C=O) groups is 4. The molecular weight excluding hydrogens is 627 g/mol. The number of hydrogen-bond donors (Lipinski definition) is 3. The minimum atomic E-state index is -4.94. The second-order valence-corrected chi connectivity index (χ2v) is 13.3. The van der Waals surface area contributed by atoms with Gasteiger partial charge in [0, 0.05) is 35.7 Å². The zero-order chi connectivity index (χ0) is 34.1. The van der Waals surface area contributed by atoms with Crippen LogP contribution in [0.5, 0.6) is 5.75 Å². The van der Waals surface area contributed by atoms with E-state index < -0.39 is 40.9 Å². The van der Waals surface area contributed by atoms with Crippen LogP contribution in [-0.2, 0) is 24.6 Å². The highest BCUT2D eigenvalue weighted by molar-refractivity contribution is 6.04. The van der Waals surface area contributed by atoms with E-state index in [1.165, 1.54) is 18.2 Å². The molecule has 0 saturated carbocycles. The Hall–Kier alpha value is -4.28. The van der Waals surface area contributed by atoms with Gasteiger partial charge < -0.3 is 15.4 Å². The topological polar surface area (TPSA) is 141 Å². The Bertz CT molecular complexity index is 1620. The molecule has 0 bridgehead atoms. The molecule has 3 fully saturated rings. The van der Waals surface area contributed by atoms with Gasteiger partial charge in [0.2, 0.25) is 11.8 Å². The van der Waals surface area contributed by atoms with Crippen LogP contribution in [-0.4, -0.2) is 66.5 Å². The summed E-state index contributed by atoms with van der Waals surface area (Å²) in [5.41, 5.74) is -0.834. The van der Waals surface area contributed by atoms with Gasteiger partial charge in [-0.1, -0.05) is 36.8 Å². The molecule has 4 unspecified atom stereocenters. The van der Waals surface area contributed by atoms with Crippen LogP contribution < -0.4 is 20.7 Å². The third kappa shape index (κ3) is 6.43. The first-order chi connectivity index (χ1) is 23.0. The highest BCUT2D eigenvalue weighted by Crippen LogP contribution is 2.51. The van der Waals surface area contributed by atoms with Crippen LogP contribution in [0.1, 0.15) is 63.4 Å². The van der Waals surface area contributed by atoms with E-state index in [0.717, 1.165) is 12.0 Å². The Morgan fingerprint density at radius 3 is 2.69 bits per heavy atom. The Labute approximate surface area is 276 Å². The van der Waals surface area contributed by atoms with Crippen LogP contribution in [0.25, 0.3) is 0 Å². The molecule has 0 aromatic heterocycles. The standard InChI is InChI=1S/C35H38F3N5O5/c36-35(37,38)48-28-10-2-1-8-23(28)33(21-39)15-18-43(27(19-33)30(45)26-9-6-16-40-26)17-4-3-13-34(24-11-12-29(44)42-32(24)47)14-5-7-22-25(34)20-41-31(22)46/h1-2,5,7-8,10,14,20,24,26-27,40H,3-4,6,9,11-13,15-19H2,(H,41,46)(H,42,44,47)/t24?,26-,27?,33?,34?/m1/s1. The average Bonchev–Trinajstić information content (AvgIpc) is 3.73. The Kier molecular flexibility index (Phi) is 9.33. The van der Waals surface area contributed by atoms with E-state index in [9.17, 15) is 37.6 Å². The molecule has 4 heterocycles. The number of imide groups is 1. The van der Waals surface area contributed by atoms with Gasteiger partial charge >= 0.3 is 6.36 Å². The average molecular weight is 666 g/mol. The summed E-state index contributed by atoms with van der Waals surface area (Å²) in [6.07, 6.45) is 6.16. The van der Waals surface area contributed by atoms with Gasteiger partial charge in [-0.3, -0.25) is 29.4 Å². The molecule has 6 rings (SSSR count). The zero-order valence-electron chi connectivity index (χ0n) is 26.4. The van der Waals surface area contributed by atoms with Gasteiger partial charge in [-0.05, 0) is 75.8 Å². The molecule has 3 N–H and O–H groups in total. The van der Waals surface area contributed by atoms with Crippen molar-refractivity contribution in [3.63, 3.8) is 0 Å². The maximum absolute atomic E-state index is 14.0. The van der Waals surface area contributed by atoms with E-state index in [1.807, 2.05) is 11.0 Å². The van der Waals surface area contributed by atoms with Crippen molar-refractivity contribution in [1.29, 1.82) is 5.26 Å². The summed E-state index contributed by atoms with van der Waals surface area (Å²) in [4.78, 5) is 53.7. The minimum absolute atomic E-state index is 0.0243. The molecule has 0 radical (unpaired) electrons. The monoisotopic (exact) mass is 665 g/mol. The number of ether oxygens (including phenoxy) is 1. The molecule has 4 aliphatic heterocycles. The van der Waals surface area contributed by atoms with Crippen LogP contribution in [0.15, 0.2) is 59.8 Å². The molecule has 13 heteroatoms. The van der Waals surface area contributed by atoms with Crippen LogP contribution in [0.2, 0.25) is 0 Å². The van der Waals surface area contributed by atoms with Gasteiger partial charge in [0.25, 0.3) is 5.91 Å². The number of para-hydroxylation sites is 1. The number of alkyl halides is 3. The quantitative estimate of drug-likeness (QED) is 0.253. The summed E-state index contributed by atoms with van der Waals surface area (Å²) in [7, 11) is 0. The number of unbranched alkanes of at least 4 members (excludes halogenated alkanes) is 1. The number of carbonyl (C=O) groups excluding carboxylic acids is 4. The summed E-state index contributed by atoms with van der Waals surface area (Å²) in [6, 6.07) is 6.83. The molecule has 1 aromatic rings. The molecule has 5 aliphatic rings. The molecule has 3 saturated heterocycles. The van der Waals surface area contributed by atoms with Crippen molar-refractivity contribution in [3.8, 4) is 11.8 Å². The first-order valence-corrected chi connectivity index (χ1v) is 16.5. The number of rotatable bonds is 10. The summed E-state index contributed by atoms with van der Waals surface area (Å²) >= 11 is 0. The Morgan fingerprint density at radius 1 is 1.15 bits per heavy atom. The number of likely N-dealkylation sites (tertiary alicyclic amines) is 1. The number of Topliss-reactive ketones (excluding diaryl/α,β-unsaturated/α-hetero) is 1. The highest BCUT2D eigenvalue weighted by Gasteiger charge is 2.50. The van der Waals surface area contributed by atoms with Gasteiger partial charge in [0.15, 0.2) is 5.78 Å². The number of nitrogens with one attached hydrogen (secondary N) is 3. The third-order valence-corrected chi connectivity index (χ3v) is 10.6. The zero-order valence-corrected chi connectivity index (χ0v) is 26.4. The largest absolute Gasteiger partial charge is 0.573 e. The molecule has 3 amide bonds. The number of piperidine rings is 2. The smallest absolute Gasteiger partial charge is 0.405 e. The first-order valence-electron chi connectivity index (χ1n) is 16.5. The van der Waals surface area contributed by atoms with Crippen molar-refractivity contribution in [3.05, 3.63) is 65.4 Å². The second kappa shape index (κ2) is 13.3. The second-order valence-electron chi connectivity index (χ2n) is 13.3. The van der Waals surface area contributed by atoms with Crippen LogP contribution in [0, 0.1) is 22.7 Å². The Morgan fingerprint density at radius 2 is 1.96 bits per heavy atom. The number of amides is 3. The lowest BCUT2D eigenvalue weighted by molar-refractivity contribution is -0.275.